The van der Waals surface area contributed by atoms with Gasteiger partial charge in [0.1, 0.15) is 4.90 Å². The largest absolute Gasteiger partial charge is 0.295 e. The molecule has 2 N–H and O–H groups in total. The number of nitrogens with one attached hydrogen (secondary N) is 1. The van der Waals surface area contributed by atoms with Gasteiger partial charge >= 0.3 is 0 Å². The predicted octanol–water partition coefficient (Wildman–Crippen LogP) is 0.970. The summed E-state index contributed by atoms with van der Waals surface area (Å²) in [6, 6.07) is 7.36. The van der Waals surface area contributed by atoms with Crippen molar-refractivity contribution in [2.75, 3.05) is 0 Å². The van der Waals surface area contributed by atoms with E-state index in [0.29, 0.717) is 5.39 Å². The third-order valence-electron chi connectivity index (χ3n) is 2.98. The van der Waals surface area contributed by atoms with E-state index in [1.54, 1.807) is 12.1 Å². The van der Waals surface area contributed by atoms with Crippen LogP contribution >= 0.6 is 0 Å². The lowest BCUT2D eigenvalue weighted by atomic mass is 9.95. The minimum absolute atomic E-state index is 0.199. The van der Waals surface area contributed by atoms with Crippen LogP contribution in [0.1, 0.15) is 20.7 Å². The van der Waals surface area contributed by atoms with Crippen molar-refractivity contribution in [1.82, 2.24) is 5.32 Å². The van der Waals surface area contributed by atoms with Crippen LogP contribution in [0.25, 0.3) is 10.8 Å². The topological polar surface area (TPSA) is 101 Å². The average molecular weight is 277 g/mol. The number of imide groups is 1. The van der Waals surface area contributed by atoms with E-state index in [0.717, 1.165) is 6.07 Å². The summed E-state index contributed by atoms with van der Waals surface area (Å²) in [5, 5.41) is 2.85. The average Bonchev–Trinajstić information content (AvgIpc) is 2.33. The summed E-state index contributed by atoms with van der Waals surface area (Å²) in [5.41, 5.74) is 0.00722. The quantitative estimate of drug-likeness (QED) is 0.597. The Hall–Kier alpha value is -2.25. The van der Waals surface area contributed by atoms with Crippen molar-refractivity contribution >= 4 is 32.7 Å². The van der Waals surface area contributed by atoms with Crippen LogP contribution in [0.15, 0.2) is 35.2 Å². The van der Waals surface area contributed by atoms with E-state index < -0.39 is 26.8 Å². The van der Waals surface area contributed by atoms with Crippen LogP contribution in [0.2, 0.25) is 0 Å². The number of carbonyl (C=O) groups is 2. The molecule has 0 saturated heterocycles. The van der Waals surface area contributed by atoms with Gasteiger partial charge in [0.2, 0.25) is 0 Å². The second kappa shape index (κ2) is 3.62. The fourth-order valence-corrected chi connectivity index (χ4v) is 2.92. The van der Waals surface area contributed by atoms with Crippen molar-refractivity contribution in [3.63, 3.8) is 0 Å². The fourth-order valence-electron chi connectivity index (χ4n) is 2.22. The number of hydrogen-bond acceptors (Lipinski definition) is 4. The molecule has 0 radical (unpaired) electrons. The lowest BCUT2D eigenvalue weighted by Gasteiger charge is -2.18. The van der Waals surface area contributed by atoms with Gasteiger partial charge in [0, 0.05) is 10.9 Å². The molecular weight excluding hydrogens is 270 g/mol. The zero-order chi connectivity index (χ0) is 13.8. The molecular formula is C12H7NO5S. The molecule has 0 aliphatic carbocycles. The van der Waals surface area contributed by atoms with Crippen LogP contribution in [-0.2, 0) is 10.1 Å². The molecule has 0 spiro atoms. The van der Waals surface area contributed by atoms with Crippen LogP contribution in [0.5, 0.6) is 0 Å². The maximum absolute atomic E-state index is 11.8. The molecule has 96 valence electrons. The molecule has 6 nitrogen and oxygen atoms in total. The van der Waals surface area contributed by atoms with Gasteiger partial charge in [-0.25, -0.2) is 0 Å². The fraction of sp³-hybridized carbons (Fsp3) is 0. The molecule has 2 aromatic rings. The molecule has 19 heavy (non-hydrogen) atoms. The van der Waals surface area contributed by atoms with Crippen molar-refractivity contribution in [2.24, 2.45) is 0 Å². The van der Waals surface area contributed by atoms with Crippen LogP contribution < -0.4 is 5.32 Å². The van der Waals surface area contributed by atoms with Gasteiger partial charge in [-0.15, -0.1) is 0 Å². The Balaban J connectivity index is 2.59. The summed E-state index contributed by atoms with van der Waals surface area (Å²) >= 11 is 0. The van der Waals surface area contributed by atoms with Gasteiger partial charge in [-0.3, -0.25) is 19.5 Å². The summed E-state index contributed by atoms with van der Waals surface area (Å²) in [5.74, 6) is -1.42. The van der Waals surface area contributed by atoms with Crippen LogP contribution in [0.3, 0.4) is 0 Å². The molecule has 0 saturated carbocycles. The van der Waals surface area contributed by atoms with Crippen molar-refractivity contribution in [2.45, 2.75) is 4.90 Å². The Labute approximate surface area is 107 Å². The summed E-state index contributed by atoms with van der Waals surface area (Å²) < 4.78 is 31.8. The molecule has 0 unspecified atom stereocenters. The minimum Gasteiger partial charge on any atom is -0.288 e. The maximum atomic E-state index is 11.8. The molecule has 0 aromatic heterocycles. The van der Waals surface area contributed by atoms with Crippen molar-refractivity contribution in [3.8, 4) is 0 Å². The monoisotopic (exact) mass is 277 g/mol. The molecule has 0 bridgehead atoms. The van der Waals surface area contributed by atoms with E-state index >= 15 is 0 Å². The standard InChI is InChI=1S/C12H7NO5S/c14-11-7-3-1-2-6-4-5-8(19(16,17)18)10(9(6)7)12(15)13-11/h1-5H,(H,13,14,15)(H,16,17,18). The molecule has 1 aliphatic heterocycles. The lowest BCUT2D eigenvalue weighted by molar-refractivity contribution is 0.0842. The van der Waals surface area contributed by atoms with Crippen LogP contribution in [0.4, 0.5) is 0 Å². The molecule has 2 aromatic carbocycles. The minimum atomic E-state index is -4.54. The number of carbonyl (C=O) groups excluding carboxylic acids is 2. The predicted molar refractivity (Wildman–Crippen MR) is 65.6 cm³/mol. The molecule has 7 heteroatoms. The summed E-state index contributed by atoms with van der Waals surface area (Å²) in [4.78, 5) is 23.0. The number of benzene rings is 2. The number of hydrogen-bond donors (Lipinski definition) is 2. The van der Waals surface area contributed by atoms with Gasteiger partial charge in [0.05, 0.1) is 5.56 Å². The molecule has 0 atom stereocenters. The first kappa shape index (κ1) is 11.8. The first-order chi connectivity index (χ1) is 8.89. The number of amides is 2. The van der Waals surface area contributed by atoms with Crippen LogP contribution in [0, 0.1) is 0 Å². The Morgan fingerprint density at radius 3 is 2.42 bits per heavy atom. The zero-order valence-electron chi connectivity index (χ0n) is 9.38. The smallest absolute Gasteiger partial charge is 0.288 e. The molecule has 1 aliphatic rings. The zero-order valence-corrected chi connectivity index (χ0v) is 10.2. The van der Waals surface area contributed by atoms with Crippen molar-refractivity contribution in [3.05, 3.63) is 41.5 Å². The summed E-state index contributed by atoms with van der Waals surface area (Å²) in [7, 11) is -4.54. The molecule has 0 fully saturated rings. The Bertz CT molecular complexity index is 854. The Kier molecular flexibility index (Phi) is 2.25. The van der Waals surface area contributed by atoms with Crippen molar-refractivity contribution < 1.29 is 22.6 Å². The third kappa shape index (κ3) is 1.63. The highest BCUT2D eigenvalue weighted by Gasteiger charge is 2.30. The lowest BCUT2D eigenvalue weighted by Crippen LogP contribution is -2.35. The highest BCUT2D eigenvalue weighted by molar-refractivity contribution is 7.86. The maximum Gasteiger partial charge on any atom is 0.295 e. The summed E-state index contributed by atoms with van der Waals surface area (Å²) in [6.45, 7) is 0. The third-order valence-corrected chi connectivity index (χ3v) is 3.88. The van der Waals surface area contributed by atoms with E-state index in [1.807, 2.05) is 0 Å². The van der Waals surface area contributed by atoms with E-state index in [-0.39, 0.29) is 16.5 Å². The van der Waals surface area contributed by atoms with E-state index in [9.17, 15) is 18.0 Å². The second-order valence-corrected chi connectivity index (χ2v) is 5.49. The highest BCUT2D eigenvalue weighted by Crippen LogP contribution is 2.31. The van der Waals surface area contributed by atoms with Gasteiger partial charge in [-0.05, 0) is 17.5 Å². The molecule has 2 amide bonds. The first-order valence-corrected chi connectivity index (χ1v) is 6.72. The number of rotatable bonds is 1. The summed E-state index contributed by atoms with van der Waals surface area (Å²) in [6.07, 6.45) is 0. The van der Waals surface area contributed by atoms with Gasteiger partial charge in [-0.1, -0.05) is 18.2 Å². The highest BCUT2D eigenvalue weighted by atomic mass is 32.2. The molecule has 3 rings (SSSR count). The SMILES string of the molecule is O=C1NC(=O)c2c(S(=O)(=O)O)ccc3cccc1c23. The molecule has 1 heterocycles. The van der Waals surface area contributed by atoms with Crippen LogP contribution in [-0.4, -0.2) is 24.8 Å². The van der Waals surface area contributed by atoms with E-state index in [2.05, 4.69) is 5.32 Å². The van der Waals surface area contributed by atoms with Gasteiger partial charge in [0.15, 0.2) is 0 Å². The second-order valence-electron chi connectivity index (χ2n) is 4.10. The van der Waals surface area contributed by atoms with Gasteiger partial charge < -0.3 is 0 Å². The normalized spacial score (nSPS) is 14.6. The van der Waals surface area contributed by atoms with Gasteiger partial charge in [0.25, 0.3) is 21.9 Å². The first-order valence-electron chi connectivity index (χ1n) is 5.28. The van der Waals surface area contributed by atoms with Gasteiger partial charge in [-0.2, -0.15) is 8.42 Å². The van der Waals surface area contributed by atoms with E-state index in [4.69, 9.17) is 4.55 Å². The van der Waals surface area contributed by atoms with Crippen molar-refractivity contribution in [1.29, 1.82) is 0 Å². The Morgan fingerprint density at radius 1 is 1.00 bits per heavy atom. The Morgan fingerprint density at radius 2 is 1.74 bits per heavy atom. The van der Waals surface area contributed by atoms with E-state index in [1.165, 1.54) is 12.1 Å².